The molecule has 0 radical (unpaired) electrons. The van der Waals surface area contributed by atoms with Crippen LogP contribution in [0.2, 0.25) is 0 Å². The number of nitrogens with zero attached hydrogens (tertiary/aromatic N) is 1. The predicted molar refractivity (Wildman–Crippen MR) is 80.2 cm³/mol. The maximum Gasteiger partial charge on any atom is 0.270 e. The lowest BCUT2D eigenvalue weighted by molar-refractivity contribution is -0.385. The number of hydrogen-bond acceptors (Lipinski definition) is 4. The second kappa shape index (κ2) is 6.24. The number of halogens is 1. The highest BCUT2D eigenvalue weighted by molar-refractivity contribution is 7.91. The maximum absolute atomic E-state index is 12.3. The summed E-state index contributed by atoms with van der Waals surface area (Å²) < 4.78 is 24.6. The molecule has 7 heteroatoms. The first-order chi connectivity index (χ1) is 9.90. The van der Waals surface area contributed by atoms with Gasteiger partial charge in [-0.3, -0.25) is 10.1 Å². The van der Waals surface area contributed by atoms with Gasteiger partial charge < -0.3 is 0 Å². The van der Waals surface area contributed by atoms with Crippen LogP contribution < -0.4 is 0 Å². The molecule has 2 aromatic rings. The normalized spacial score (nSPS) is 12.8. The van der Waals surface area contributed by atoms with Crippen LogP contribution in [0.5, 0.6) is 0 Å². The second-order valence-corrected chi connectivity index (χ2v) is 6.98. The standard InChI is InChI=1S/C14H12ClNO4S/c15-14(11-5-2-1-3-6-11)10-21(19,20)13-8-4-7-12(9-13)16(17)18/h1-9,14H,10H2/t14-/m0/s1. The molecule has 0 aliphatic carbocycles. The van der Waals surface area contributed by atoms with Crippen molar-refractivity contribution in [2.45, 2.75) is 10.3 Å². The van der Waals surface area contributed by atoms with Gasteiger partial charge in [0.2, 0.25) is 0 Å². The smallest absolute Gasteiger partial charge is 0.258 e. The Morgan fingerprint density at radius 1 is 1.10 bits per heavy atom. The molecule has 1 atom stereocenters. The summed E-state index contributed by atoms with van der Waals surface area (Å²) in [6.07, 6.45) is 0. The Morgan fingerprint density at radius 2 is 1.76 bits per heavy atom. The Kier molecular flexibility index (Phi) is 4.59. The molecule has 21 heavy (non-hydrogen) atoms. The average Bonchev–Trinajstić information content (AvgIpc) is 2.48. The van der Waals surface area contributed by atoms with E-state index in [1.807, 2.05) is 6.07 Å². The Bertz CT molecular complexity index is 747. The molecule has 0 saturated carbocycles. The molecule has 0 unspecified atom stereocenters. The molecule has 0 bridgehead atoms. The van der Waals surface area contributed by atoms with Crippen molar-refractivity contribution in [3.05, 3.63) is 70.3 Å². The summed E-state index contributed by atoms with van der Waals surface area (Å²) in [5, 5.41) is 10.00. The summed E-state index contributed by atoms with van der Waals surface area (Å²) in [6, 6.07) is 13.8. The molecule has 0 saturated heterocycles. The molecular weight excluding hydrogens is 314 g/mol. The van der Waals surface area contributed by atoms with Crippen molar-refractivity contribution >= 4 is 27.1 Å². The SMILES string of the molecule is O=[N+]([O-])c1cccc(S(=O)(=O)C[C@H](Cl)c2ccccc2)c1. The van der Waals surface area contributed by atoms with E-state index in [0.717, 1.165) is 6.07 Å². The second-order valence-electron chi connectivity index (χ2n) is 4.41. The lowest BCUT2D eigenvalue weighted by Gasteiger charge is -2.10. The van der Waals surface area contributed by atoms with Crippen molar-refractivity contribution in [3.8, 4) is 0 Å². The quantitative estimate of drug-likeness (QED) is 0.480. The monoisotopic (exact) mass is 325 g/mol. The van der Waals surface area contributed by atoms with E-state index in [4.69, 9.17) is 11.6 Å². The van der Waals surface area contributed by atoms with E-state index in [-0.39, 0.29) is 16.3 Å². The fourth-order valence-corrected chi connectivity index (χ4v) is 3.84. The zero-order chi connectivity index (χ0) is 15.5. The van der Waals surface area contributed by atoms with Crippen molar-refractivity contribution in [2.24, 2.45) is 0 Å². The average molecular weight is 326 g/mol. The van der Waals surface area contributed by atoms with E-state index >= 15 is 0 Å². The molecule has 0 spiro atoms. The number of hydrogen-bond donors (Lipinski definition) is 0. The molecule has 0 fully saturated rings. The Labute approximate surface area is 127 Å². The molecular formula is C14H12ClNO4S. The van der Waals surface area contributed by atoms with Gasteiger partial charge in [0.1, 0.15) is 0 Å². The molecule has 0 N–H and O–H groups in total. The molecule has 2 rings (SSSR count). The fourth-order valence-electron chi connectivity index (χ4n) is 1.84. The van der Waals surface area contributed by atoms with Crippen molar-refractivity contribution in [1.82, 2.24) is 0 Å². The van der Waals surface area contributed by atoms with E-state index in [1.54, 1.807) is 24.3 Å². The molecule has 0 aromatic heterocycles. The van der Waals surface area contributed by atoms with Gasteiger partial charge in [-0.1, -0.05) is 36.4 Å². The van der Waals surface area contributed by atoms with Gasteiger partial charge >= 0.3 is 0 Å². The molecule has 110 valence electrons. The largest absolute Gasteiger partial charge is 0.270 e. The highest BCUT2D eigenvalue weighted by Crippen LogP contribution is 2.26. The van der Waals surface area contributed by atoms with Crippen LogP contribution in [0.3, 0.4) is 0 Å². The summed E-state index contributed by atoms with van der Waals surface area (Å²) in [7, 11) is -3.70. The van der Waals surface area contributed by atoms with Crippen molar-refractivity contribution in [3.63, 3.8) is 0 Å². The first kappa shape index (κ1) is 15.5. The van der Waals surface area contributed by atoms with Crippen LogP contribution in [0.15, 0.2) is 59.5 Å². The van der Waals surface area contributed by atoms with Gasteiger partial charge in [-0.2, -0.15) is 0 Å². The molecule has 0 amide bonds. The van der Waals surface area contributed by atoms with E-state index < -0.39 is 20.1 Å². The molecule has 0 aliphatic heterocycles. The third-order valence-corrected chi connectivity index (χ3v) is 5.25. The number of sulfone groups is 1. The van der Waals surface area contributed by atoms with Gasteiger partial charge in [-0.25, -0.2) is 8.42 Å². The minimum atomic E-state index is -3.70. The van der Waals surface area contributed by atoms with Gasteiger partial charge in [0.15, 0.2) is 9.84 Å². The molecule has 0 aliphatic rings. The first-order valence-corrected chi connectivity index (χ1v) is 8.15. The fraction of sp³-hybridized carbons (Fsp3) is 0.143. The number of benzene rings is 2. The summed E-state index contributed by atoms with van der Waals surface area (Å²) >= 11 is 6.13. The van der Waals surface area contributed by atoms with E-state index in [2.05, 4.69) is 0 Å². The van der Waals surface area contributed by atoms with Crippen LogP contribution in [0.25, 0.3) is 0 Å². The number of alkyl halides is 1. The summed E-state index contributed by atoms with van der Waals surface area (Å²) in [5.74, 6) is -0.320. The van der Waals surface area contributed by atoms with E-state index in [0.29, 0.717) is 5.56 Å². The van der Waals surface area contributed by atoms with E-state index in [1.165, 1.54) is 18.2 Å². The molecule has 2 aromatic carbocycles. The Hall–Kier alpha value is -1.92. The third-order valence-electron chi connectivity index (χ3n) is 2.91. The van der Waals surface area contributed by atoms with Crippen molar-refractivity contribution in [2.75, 3.05) is 5.75 Å². The Balaban J connectivity index is 2.26. The number of nitro groups is 1. The number of nitro benzene ring substituents is 1. The van der Waals surface area contributed by atoms with Gasteiger partial charge in [-0.05, 0) is 11.6 Å². The summed E-state index contributed by atoms with van der Waals surface area (Å²) in [4.78, 5) is 9.98. The molecule has 0 heterocycles. The first-order valence-electron chi connectivity index (χ1n) is 6.06. The zero-order valence-electron chi connectivity index (χ0n) is 10.8. The minimum absolute atomic E-state index is 0.0988. The minimum Gasteiger partial charge on any atom is -0.258 e. The van der Waals surface area contributed by atoms with Gasteiger partial charge in [0.25, 0.3) is 5.69 Å². The predicted octanol–water partition coefficient (Wildman–Crippen LogP) is 3.35. The van der Waals surface area contributed by atoms with E-state index in [9.17, 15) is 18.5 Å². The lowest BCUT2D eigenvalue weighted by atomic mass is 10.2. The number of non-ortho nitro benzene ring substituents is 1. The summed E-state index contributed by atoms with van der Waals surface area (Å²) in [6.45, 7) is 0. The third kappa shape index (κ3) is 3.80. The van der Waals surface area contributed by atoms with Gasteiger partial charge in [-0.15, -0.1) is 11.6 Å². The van der Waals surface area contributed by atoms with Crippen LogP contribution in [0.4, 0.5) is 5.69 Å². The zero-order valence-corrected chi connectivity index (χ0v) is 12.4. The Morgan fingerprint density at radius 3 is 2.38 bits per heavy atom. The van der Waals surface area contributed by atoms with Crippen LogP contribution in [-0.2, 0) is 9.84 Å². The maximum atomic E-state index is 12.3. The summed E-state index contributed by atoms with van der Waals surface area (Å²) in [5.41, 5.74) is 0.426. The van der Waals surface area contributed by atoms with Crippen molar-refractivity contribution < 1.29 is 13.3 Å². The van der Waals surface area contributed by atoms with Crippen molar-refractivity contribution in [1.29, 1.82) is 0 Å². The van der Waals surface area contributed by atoms with Crippen LogP contribution in [-0.4, -0.2) is 19.1 Å². The van der Waals surface area contributed by atoms with Gasteiger partial charge in [0.05, 0.1) is 20.9 Å². The highest BCUT2D eigenvalue weighted by Gasteiger charge is 2.22. The number of rotatable bonds is 5. The van der Waals surface area contributed by atoms with Crippen LogP contribution in [0.1, 0.15) is 10.9 Å². The topological polar surface area (TPSA) is 77.3 Å². The highest BCUT2D eigenvalue weighted by atomic mass is 35.5. The van der Waals surface area contributed by atoms with Gasteiger partial charge in [0, 0.05) is 12.1 Å². The van der Waals surface area contributed by atoms with Crippen LogP contribution in [0, 0.1) is 10.1 Å². The lowest BCUT2D eigenvalue weighted by Crippen LogP contribution is -2.11. The van der Waals surface area contributed by atoms with Crippen LogP contribution >= 0.6 is 11.6 Å². The molecule has 5 nitrogen and oxygen atoms in total.